The molecule has 19 nitrogen and oxygen atoms in total. The van der Waals surface area contributed by atoms with Gasteiger partial charge in [-0.25, -0.2) is 0 Å². The second-order valence-electron chi connectivity index (χ2n) is 16.6. The van der Waals surface area contributed by atoms with E-state index in [1.165, 1.54) is 12.4 Å². The summed E-state index contributed by atoms with van der Waals surface area (Å²) in [4.78, 5) is 98.9. The first-order chi connectivity index (χ1) is 32.0. The maximum absolute atomic E-state index is 13.1. The van der Waals surface area contributed by atoms with Crippen LogP contribution in [0.1, 0.15) is 72.6 Å². The van der Waals surface area contributed by atoms with Gasteiger partial charge < -0.3 is 56.4 Å². The van der Waals surface area contributed by atoms with E-state index in [4.69, 9.17) is 15.2 Å². The van der Waals surface area contributed by atoms with Crippen LogP contribution in [0, 0.1) is 23.2 Å². The highest BCUT2D eigenvalue weighted by molar-refractivity contribution is 6.03. The van der Waals surface area contributed by atoms with Crippen LogP contribution >= 0.6 is 0 Å². The van der Waals surface area contributed by atoms with E-state index in [1.807, 2.05) is 52.0 Å². The lowest BCUT2D eigenvalue weighted by molar-refractivity contribution is -0.128. The Labute approximate surface area is 385 Å². The Morgan fingerprint density at radius 2 is 1.07 bits per heavy atom. The monoisotopic (exact) mass is 916 g/mol. The molecule has 0 saturated heterocycles. The number of nitrogens with one attached hydrogen (secondary N) is 8. The minimum Gasteiger partial charge on any atom is -0.496 e. The molecule has 6 rings (SSSR count). The molecule has 0 aliphatic rings. The van der Waals surface area contributed by atoms with E-state index in [2.05, 4.69) is 41.2 Å². The molecule has 5 amide bonds. The van der Waals surface area contributed by atoms with Crippen LogP contribution in [0.4, 0.5) is 0 Å². The molecule has 0 fully saturated rings. The first-order valence-electron chi connectivity index (χ1n) is 21.6. The number of aromatic amines is 4. The number of nitriles is 1. The number of hydrogen-bond acceptors (Lipinski definition) is 10. The molecule has 0 saturated carbocycles. The molecule has 0 radical (unpaired) electrons. The van der Waals surface area contributed by atoms with Crippen molar-refractivity contribution < 1.29 is 33.4 Å². The quantitative estimate of drug-likeness (QED) is 0.0570. The van der Waals surface area contributed by atoms with Gasteiger partial charge >= 0.3 is 0 Å². The predicted octanol–water partition coefficient (Wildman–Crippen LogP) is 3.48. The van der Waals surface area contributed by atoms with Crippen LogP contribution in [0.2, 0.25) is 0 Å². The normalized spacial score (nSPS) is 12.8. The van der Waals surface area contributed by atoms with E-state index < -0.39 is 53.7 Å². The molecule has 0 bridgehead atoms. The average Bonchev–Trinajstić information content (AvgIpc) is 3.95. The van der Waals surface area contributed by atoms with Gasteiger partial charge in [0.05, 0.1) is 20.3 Å². The summed E-state index contributed by atoms with van der Waals surface area (Å²) in [6.07, 6.45) is 3.67. The predicted molar refractivity (Wildman–Crippen MR) is 251 cm³/mol. The van der Waals surface area contributed by atoms with Crippen molar-refractivity contribution in [2.24, 2.45) is 17.6 Å². The summed E-state index contributed by atoms with van der Waals surface area (Å²) in [6.45, 7) is 7.70. The lowest BCUT2D eigenvalue weighted by Gasteiger charge is -2.23. The molecule has 67 heavy (non-hydrogen) atoms. The summed E-state index contributed by atoms with van der Waals surface area (Å²) in [5.74, 6) is -1.32. The van der Waals surface area contributed by atoms with Crippen LogP contribution in [0.25, 0.3) is 21.8 Å². The Morgan fingerprint density at radius 1 is 0.627 bits per heavy atom. The first kappa shape index (κ1) is 49.9. The van der Waals surface area contributed by atoms with Crippen molar-refractivity contribution in [3.8, 4) is 17.6 Å². The van der Waals surface area contributed by atoms with Crippen molar-refractivity contribution >= 4 is 51.3 Å². The molecule has 0 aliphatic heterocycles. The summed E-state index contributed by atoms with van der Waals surface area (Å²) >= 11 is 0. The Morgan fingerprint density at radius 3 is 1.48 bits per heavy atom. The lowest BCUT2D eigenvalue weighted by Crippen LogP contribution is -2.54. The van der Waals surface area contributed by atoms with E-state index in [9.17, 15) is 38.8 Å². The maximum atomic E-state index is 13.1. The number of benzene rings is 2. The third-order valence-corrected chi connectivity index (χ3v) is 10.6. The molecule has 19 heteroatoms. The number of hydrogen-bond donors (Lipinski definition) is 9. The number of primary amides is 1. The third kappa shape index (κ3) is 13.4. The largest absolute Gasteiger partial charge is 0.496 e. The molecule has 10 N–H and O–H groups in total. The molecule has 4 heterocycles. The smallest absolute Gasteiger partial charge is 0.268 e. The Bertz CT molecular complexity index is 2870. The van der Waals surface area contributed by atoms with Gasteiger partial charge in [0.2, 0.25) is 17.7 Å². The molecular weight excluding hydrogens is 861 g/mol. The van der Waals surface area contributed by atoms with Gasteiger partial charge in [-0.2, -0.15) is 5.26 Å². The van der Waals surface area contributed by atoms with Crippen molar-refractivity contribution in [2.75, 3.05) is 14.2 Å². The molecule has 4 atom stereocenters. The van der Waals surface area contributed by atoms with Gasteiger partial charge in [-0.1, -0.05) is 52.0 Å². The van der Waals surface area contributed by atoms with Crippen molar-refractivity contribution in [3.05, 3.63) is 128 Å². The minimum atomic E-state index is -1.11. The van der Waals surface area contributed by atoms with Gasteiger partial charge in [-0.3, -0.25) is 33.6 Å². The second-order valence-corrected chi connectivity index (χ2v) is 16.6. The molecule has 0 spiro atoms. The van der Waals surface area contributed by atoms with Crippen LogP contribution in [-0.4, -0.2) is 87.9 Å². The number of aromatic nitrogens is 4. The SMILES string of the molecule is COc1cccc2[nH]c(C(=O)N[C@@H](CC(C)C)C(=O)NC(C#N)Cc3ccc[nH]c3=O)cc12.COc1cccc2[nH]c(C(=O)N[C@@H](CC(C)C)C(=O)NC(Cc3ccc[nH]c3=O)C(N)=O)cc12. The van der Waals surface area contributed by atoms with Gasteiger partial charge in [0, 0.05) is 58.2 Å². The minimum absolute atomic E-state index is 0.0581. The summed E-state index contributed by atoms with van der Waals surface area (Å²) in [5.41, 5.74) is 7.51. The Kier molecular flexibility index (Phi) is 17.2. The molecular formula is C48H56N10O9. The average molecular weight is 917 g/mol. The number of nitrogens with zero attached hydrogens (tertiary/aromatic N) is 1. The zero-order chi connectivity index (χ0) is 48.8. The van der Waals surface area contributed by atoms with E-state index in [0.717, 1.165) is 21.8 Å². The fraction of sp³-hybridized carbons (Fsp3) is 0.333. The first-order valence-corrected chi connectivity index (χ1v) is 21.6. The highest BCUT2D eigenvalue weighted by Gasteiger charge is 2.29. The van der Waals surface area contributed by atoms with Crippen LogP contribution in [0.5, 0.6) is 11.5 Å². The van der Waals surface area contributed by atoms with E-state index in [-0.39, 0.29) is 41.5 Å². The number of carbonyl (C=O) groups excluding carboxylic acids is 5. The van der Waals surface area contributed by atoms with Crippen molar-refractivity contribution in [3.63, 3.8) is 0 Å². The highest BCUT2D eigenvalue weighted by Crippen LogP contribution is 2.27. The number of amides is 5. The van der Waals surface area contributed by atoms with Gasteiger partial charge in [0.25, 0.3) is 22.9 Å². The van der Waals surface area contributed by atoms with Gasteiger partial charge in [-0.05, 0) is 73.2 Å². The summed E-state index contributed by atoms with van der Waals surface area (Å²) < 4.78 is 10.7. The highest BCUT2D eigenvalue weighted by atomic mass is 16.5. The van der Waals surface area contributed by atoms with Gasteiger partial charge in [0.15, 0.2) is 0 Å². The fourth-order valence-corrected chi connectivity index (χ4v) is 7.30. The van der Waals surface area contributed by atoms with E-state index in [1.54, 1.807) is 68.8 Å². The van der Waals surface area contributed by atoms with Crippen LogP contribution in [-0.2, 0) is 27.2 Å². The van der Waals surface area contributed by atoms with E-state index in [0.29, 0.717) is 41.2 Å². The van der Waals surface area contributed by atoms with Crippen molar-refractivity contribution in [1.29, 1.82) is 5.26 Å². The molecule has 2 unspecified atom stereocenters. The molecule has 6 aromatic rings. The molecule has 4 aromatic heterocycles. The number of nitrogens with two attached hydrogens (primary N) is 1. The number of ether oxygens (including phenoxy) is 2. The number of rotatable bonds is 19. The van der Waals surface area contributed by atoms with Crippen LogP contribution in [0.15, 0.2) is 94.8 Å². The summed E-state index contributed by atoms with van der Waals surface area (Å²) in [6, 6.07) is 18.8. The van der Waals surface area contributed by atoms with Crippen molar-refractivity contribution in [1.82, 2.24) is 41.2 Å². The summed E-state index contributed by atoms with van der Waals surface area (Å²) in [7, 11) is 3.10. The third-order valence-electron chi connectivity index (χ3n) is 10.6. The molecule has 352 valence electrons. The second kappa shape index (κ2) is 23.2. The standard InChI is InChI=1S/C24H29N5O5.C24H27N5O4/c1-13(2)10-18(23(32)28-17(21(25)30)11-14-6-5-9-26-22(14)31)29-24(33)19-12-15-16(27-19)7-4-8-20(15)34-3;1-14(2)10-19(23(31)27-16(13-25)11-15-6-5-9-26-22(15)30)29-24(32)20-12-17-18(28-20)7-4-8-21(17)33-3/h4-9,12-13,17-18,27H,10-11H2,1-3H3,(H2,25,30)(H,26,31)(H,28,32)(H,29,33);4-9,12,14,16,19,28H,10-11H2,1-3H3,(H,26,30)(H,27,31)(H,29,32)/t17?,18-;16?,19-/m00/s1. The topological polar surface area (TPSA) is 299 Å². The number of H-pyrrole nitrogens is 4. The van der Waals surface area contributed by atoms with E-state index >= 15 is 0 Å². The Balaban J connectivity index is 0.000000251. The number of methoxy groups -OCH3 is 2. The van der Waals surface area contributed by atoms with Crippen LogP contribution in [0.3, 0.4) is 0 Å². The Hall–Kier alpha value is -8.14. The fourth-order valence-electron chi connectivity index (χ4n) is 7.30. The van der Waals surface area contributed by atoms with Gasteiger partial charge in [-0.15, -0.1) is 0 Å². The summed E-state index contributed by atoms with van der Waals surface area (Å²) in [5, 5.41) is 21.7. The van der Waals surface area contributed by atoms with Crippen molar-refractivity contribution in [2.45, 2.75) is 77.5 Å². The zero-order valence-corrected chi connectivity index (χ0v) is 38.1. The van der Waals surface area contributed by atoms with Gasteiger partial charge in [0.1, 0.15) is 47.1 Å². The molecule has 0 aliphatic carbocycles. The number of fused-ring (bicyclic) bond motifs is 2. The lowest BCUT2D eigenvalue weighted by atomic mass is 10.0. The number of carbonyl (C=O) groups is 5. The maximum Gasteiger partial charge on any atom is 0.268 e. The zero-order valence-electron chi connectivity index (χ0n) is 38.1. The molecule has 2 aromatic carbocycles. The number of pyridine rings is 2. The van der Waals surface area contributed by atoms with Crippen LogP contribution < -0.4 is 47.6 Å².